The highest BCUT2D eigenvalue weighted by molar-refractivity contribution is 9.10. The third-order valence-corrected chi connectivity index (χ3v) is 5.23. The summed E-state index contributed by atoms with van der Waals surface area (Å²) in [7, 11) is 0. The molecule has 29 heavy (non-hydrogen) atoms. The van der Waals surface area contributed by atoms with Crippen LogP contribution in [0.15, 0.2) is 89.4 Å². The van der Waals surface area contributed by atoms with Gasteiger partial charge >= 0.3 is 0 Å². The van der Waals surface area contributed by atoms with Gasteiger partial charge in [-0.15, -0.1) is 0 Å². The van der Waals surface area contributed by atoms with Gasteiger partial charge in [0, 0.05) is 21.4 Å². The number of nitrogens with one attached hydrogen (secondary N) is 1. The highest BCUT2D eigenvalue weighted by Crippen LogP contribution is 2.24. The lowest BCUT2D eigenvalue weighted by Crippen LogP contribution is -2.19. The van der Waals surface area contributed by atoms with Crippen LogP contribution in [-0.4, -0.2) is 20.3 Å². The summed E-state index contributed by atoms with van der Waals surface area (Å²) < 4.78 is 4.87. The molecule has 5 nitrogen and oxygen atoms in total. The number of halogens is 1. The normalized spacial score (nSPS) is 10.7. The molecule has 0 unspecified atom stereocenters. The van der Waals surface area contributed by atoms with Gasteiger partial charge in [-0.2, -0.15) is 5.10 Å². The molecule has 1 N–H and O–H groups in total. The van der Waals surface area contributed by atoms with Gasteiger partial charge < -0.3 is 5.32 Å². The van der Waals surface area contributed by atoms with Crippen LogP contribution in [0.5, 0.6) is 0 Å². The zero-order valence-corrected chi connectivity index (χ0v) is 17.7. The quantitative estimate of drug-likeness (QED) is 0.398. The van der Waals surface area contributed by atoms with E-state index in [1.165, 1.54) is 0 Å². The molecule has 0 saturated carbocycles. The van der Waals surface area contributed by atoms with E-state index < -0.39 is 0 Å². The maximum Gasteiger partial charge on any atom is 0.246 e. The Labute approximate surface area is 181 Å². The Hall–Kier alpha value is -3.03. The third-order valence-electron chi connectivity index (χ3n) is 4.31. The second kappa shape index (κ2) is 8.55. The Morgan fingerprint density at radius 2 is 1.55 bits per heavy atom. The number of carbonyl (C=O) groups is 1. The van der Waals surface area contributed by atoms with Gasteiger partial charge in [-0.05, 0) is 48.6 Å². The van der Waals surface area contributed by atoms with Gasteiger partial charge in [0.2, 0.25) is 10.7 Å². The number of benzene rings is 3. The second-order valence-corrected chi connectivity index (χ2v) is 7.64. The monoisotopic (exact) mass is 464 g/mol. The SMILES string of the molecule is O=C(Cn1nc(-c2ccc(Br)cc2)n(-c2ccccc2)c1=S)Nc1ccccc1. The molecule has 4 rings (SSSR count). The Morgan fingerprint density at radius 1 is 0.931 bits per heavy atom. The fourth-order valence-electron chi connectivity index (χ4n) is 2.96. The molecule has 3 aromatic carbocycles. The minimum atomic E-state index is -0.188. The number of anilines is 1. The van der Waals surface area contributed by atoms with E-state index in [4.69, 9.17) is 12.2 Å². The Bertz CT molecular complexity index is 1190. The topological polar surface area (TPSA) is 51.9 Å². The minimum Gasteiger partial charge on any atom is -0.324 e. The molecule has 144 valence electrons. The van der Waals surface area contributed by atoms with Crippen molar-refractivity contribution in [2.45, 2.75) is 6.54 Å². The Balaban J connectivity index is 1.73. The molecule has 0 fully saturated rings. The lowest BCUT2D eigenvalue weighted by Gasteiger charge is -2.06. The average molecular weight is 465 g/mol. The summed E-state index contributed by atoms with van der Waals surface area (Å²) in [5, 5.41) is 7.54. The second-order valence-electron chi connectivity index (χ2n) is 6.36. The third kappa shape index (κ3) is 4.36. The van der Waals surface area contributed by atoms with Crippen molar-refractivity contribution in [2.24, 2.45) is 0 Å². The van der Waals surface area contributed by atoms with E-state index in [0.29, 0.717) is 10.6 Å². The zero-order chi connectivity index (χ0) is 20.2. The summed E-state index contributed by atoms with van der Waals surface area (Å²) in [5.74, 6) is 0.494. The van der Waals surface area contributed by atoms with Crippen LogP contribution in [0.1, 0.15) is 0 Å². The summed E-state index contributed by atoms with van der Waals surface area (Å²) in [5.41, 5.74) is 2.54. The average Bonchev–Trinajstić information content (AvgIpc) is 3.06. The van der Waals surface area contributed by atoms with Crippen molar-refractivity contribution in [3.63, 3.8) is 0 Å². The van der Waals surface area contributed by atoms with Gasteiger partial charge in [0.15, 0.2) is 5.82 Å². The van der Waals surface area contributed by atoms with Crippen molar-refractivity contribution < 1.29 is 4.79 Å². The standard InChI is InChI=1S/C22H17BrN4OS/c23-17-13-11-16(12-14-17)21-25-26(15-20(28)24-18-7-3-1-4-8-18)22(29)27(21)19-9-5-2-6-10-19/h1-14H,15H2,(H,24,28). The fourth-order valence-corrected chi connectivity index (χ4v) is 3.53. The molecule has 0 atom stereocenters. The molecule has 0 spiro atoms. The van der Waals surface area contributed by atoms with Crippen molar-refractivity contribution in [3.8, 4) is 17.1 Å². The van der Waals surface area contributed by atoms with Gasteiger partial charge in [-0.3, -0.25) is 9.36 Å². The molecule has 4 aromatic rings. The number of aromatic nitrogens is 3. The predicted molar refractivity (Wildman–Crippen MR) is 121 cm³/mol. The van der Waals surface area contributed by atoms with Gasteiger partial charge in [0.25, 0.3) is 0 Å². The largest absolute Gasteiger partial charge is 0.324 e. The summed E-state index contributed by atoms with van der Waals surface area (Å²) in [6, 6.07) is 26.9. The molecular weight excluding hydrogens is 448 g/mol. The lowest BCUT2D eigenvalue weighted by atomic mass is 10.2. The van der Waals surface area contributed by atoms with Gasteiger partial charge in [-0.1, -0.05) is 64.5 Å². The van der Waals surface area contributed by atoms with Crippen LogP contribution in [0.3, 0.4) is 0 Å². The molecular formula is C22H17BrN4OS. The van der Waals surface area contributed by atoms with Gasteiger partial charge in [0.1, 0.15) is 6.54 Å². The highest BCUT2D eigenvalue weighted by atomic mass is 79.9. The van der Waals surface area contributed by atoms with Crippen LogP contribution in [0.25, 0.3) is 17.1 Å². The van der Waals surface area contributed by atoms with Crippen LogP contribution in [-0.2, 0) is 11.3 Å². The number of hydrogen-bond donors (Lipinski definition) is 1. The molecule has 0 aliphatic carbocycles. The van der Waals surface area contributed by atoms with Crippen LogP contribution >= 0.6 is 28.1 Å². The van der Waals surface area contributed by atoms with E-state index in [0.717, 1.165) is 21.4 Å². The van der Waals surface area contributed by atoms with E-state index in [9.17, 15) is 4.79 Å². The Kier molecular flexibility index (Phi) is 5.69. The number of nitrogens with zero attached hydrogens (tertiary/aromatic N) is 3. The van der Waals surface area contributed by atoms with E-state index in [2.05, 4.69) is 26.3 Å². The molecule has 0 aliphatic rings. The molecule has 7 heteroatoms. The van der Waals surface area contributed by atoms with Crippen LogP contribution in [0, 0.1) is 4.77 Å². The van der Waals surface area contributed by atoms with E-state index in [1.54, 1.807) is 4.68 Å². The number of para-hydroxylation sites is 2. The minimum absolute atomic E-state index is 0.0249. The van der Waals surface area contributed by atoms with Crippen molar-refractivity contribution >= 4 is 39.7 Å². The maximum absolute atomic E-state index is 12.5. The first-order valence-corrected chi connectivity index (χ1v) is 10.2. The Morgan fingerprint density at radius 3 is 2.21 bits per heavy atom. The van der Waals surface area contributed by atoms with Crippen molar-refractivity contribution in [1.29, 1.82) is 0 Å². The van der Waals surface area contributed by atoms with Crippen LogP contribution < -0.4 is 5.32 Å². The highest BCUT2D eigenvalue weighted by Gasteiger charge is 2.16. The zero-order valence-electron chi connectivity index (χ0n) is 15.3. The number of carbonyl (C=O) groups excluding carboxylic acids is 1. The van der Waals surface area contributed by atoms with Crippen LogP contribution in [0.4, 0.5) is 5.69 Å². The summed E-state index contributed by atoms with van der Waals surface area (Å²) in [6.07, 6.45) is 0. The van der Waals surface area contributed by atoms with E-state index in [-0.39, 0.29) is 12.5 Å². The van der Waals surface area contributed by atoms with Crippen molar-refractivity contribution in [2.75, 3.05) is 5.32 Å². The number of amides is 1. The first-order valence-electron chi connectivity index (χ1n) is 8.98. The molecule has 0 radical (unpaired) electrons. The molecule has 1 heterocycles. The summed E-state index contributed by atoms with van der Waals surface area (Å²) in [6.45, 7) is 0.0249. The molecule has 0 aliphatic heterocycles. The molecule has 0 saturated heterocycles. The predicted octanol–water partition coefficient (Wildman–Crippen LogP) is 5.47. The smallest absolute Gasteiger partial charge is 0.246 e. The number of hydrogen-bond acceptors (Lipinski definition) is 3. The van der Waals surface area contributed by atoms with Crippen molar-refractivity contribution in [3.05, 3.63) is 94.2 Å². The fraction of sp³-hybridized carbons (Fsp3) is 0.0455. The van der Waals surface area contributed by atoms with E-state index in [1.807, 2.05) is 89.5 Å². The van der Waals surface area contributed by atoms with Gasteiger partial charge in [0.05, 0.1) is 0 Å². The van der Waals surface area contributed by atoms with E-state index >= 15 is 0 Å². The van der Waals surface area contributed by atoms with Crippen LogP contribution in [0.2, 0.25) is 0 Å². The maximum atomic E-state index is 12.5. The first kappa shape index (κ1) is 19.3. The molecule has 1 amide bonds. The molecule has 0 bridgehead atoms. The van der Waals surface area contributed by atoms with Crippen molar-refractivity contribution in [1.82, 2.24) is 14.3 Å². The summed E-state index contributed by atoms with van der Waals surface area (Å²) in [4.78, 5) is 12.5. The lowest BCUT2D eigenvalue weighted by molar-refractivity contribution is -0.116. The summed E-state index contributed by atoms with van der Waals surface area (Å²) >= 11 is 9.14. The number of rotatable bonds is 5. The first-order chi connectivity index (χ1) is 14.1. The molecule has 1 aromatic heterocycles. The van der Waals surface area contributed by atoms with Gasteiger partial charge in [-0.25, -0.2) is 4.68 Å².